The van der Waals surface area contributed by atoms with E-state index < -0.39 is 62.8 Å². The number of allylic oxidation sites excluding steroid dienone is 8. The van der Waals surface area contributed by atoms with Gasteiger partial charge in [-0.05, 0) is 93.6 Å². The zero-order valence-electron chi connectivity index (χ0n) is 36.3. The van der Waals surface area contributed by atoms with E-state index in [4.69, 9.17) is 10.5 Å². The van der Waals surface area contributed by atoms with Crippen LogP contribution in [0.4, 0.5) is 11.4 Å². The second-order valence-corrected chi connectivity index (χ2v) is 22.5. The smallest absolute Gasteiger partial charge is 0.294 e. The van der Waals surface area contributed by atoms with Crippen molar-refractivity contribution >= 4 is 63.5 Å². The van der Waals surface area contributed by atoms with Gasteiger partial charge in [-0.25, -0.2) is 0 Å². The minimum absolute atomic E-state index is 0.134. The number of carbonyl (C=O) groups is 1. The highest BCUT2D eigenvalue weighted by Crippen LogP contribution is 2.48. The highest BCUT2D eigenvalue weighted by molar-refractivity contribution is 7.86. The van der Waals surface area contributed by atoms with E-state index in [-0.39, 0.29) is 42.0 Å². The van der Waals surface area contributed by atoms with E-state index >= 15 is 0 Å². The molecule has 0 spiro atoms. The lowest BCUT2D eigenvalue weighted by Gasteiger charge is -2.26. The topological polar surface area (TPSA) is 288 Å². The van der Waals surface area contributed by atoms with Crippen molar-refractivity contribution < 1.29 is 66.0 Å². The molecule has 0 unspecified atom stereocenters. The summed E-state index contributed by atoms with van der Waals surface area (Å²) in [5.41, 5.74) is 7.48. The molecule has 0 saturated carbocycles. The van der Waals surface area contributed by atoms with Crippen LogP contribution in [0.15, 0.2) is 93.9 Å². The molecular formula is C42H59N4O14S4+. The van der Waals surface area contributed by atoms with Crippen LogP contribution in [0.2, 0.25) is 0 Å². The van der Waals surface area contributed by atoms with E-state index in [1.165, 1.54) is 36.4 Å². The molecule has 0 radical (unpaired) electrons. The Morgan fingerprint density at radius 1 is 0.797 bits per heavy atom. The number of carbonyl (C=O) groups excluding carboxylic acids is 1. The van der Waals surface area contributed by atoms with Crippen LogP contribution in [0.5, 0.6) is 0 Å². The Labute approximate surface area is 376 Å². The Morgan fingerprint density at radius 2 is 1.42 bits per heavy atom. The first-order valence-corrected chi connectivity index (χ1v) is 26.6. The molecule has 22 heteroatoms. The van der Waals surface area contributed by atoms with Gasteiger partial charge in [-0.3, -0.25) is 23.0 Å². The molecule has 2 aliphatic heterocycles. The lowest BCUT2D eigenvalue weighted by atomic mass is 9.81. The minimum atomic E-state index is -4.57. The molecular weight excluding hydrogens is 913 g/mol. The zero-order valence-corrected chi connectivity index (χ0v) is 39.6. The van der Waals surface area contributed by atoms with E-state index in [1.807, 2.05) is 0 Å². The van der Waals surface area contributed by atoms with Gasteiger partial charge >= 0.3 is 0 Å². The van der Waals surface area contributed by atoms with Gasteiger partial charge in [0.05, 0.1) is 21.0 Å². The second-order valence-electron chi connectivity index (χ2n) is 16.5. The van der Waals surface area contributed by atoms with Crippen LogP contribution in [0.25, 0.3) is 0 Å². The summed E-state index contributed by atoms with van der Waals surface area (Å²) in [4.78, 5) is 13.3. The van der Waals surface area contributed by atoms with Crippen molar-refractivity contribution in [3.63, 3.8) is 0 Å². The Hall–Kier alpha value is -4.10. The number of benzene rings is 2. The molecule has 354 valence electrons. The Balaban J connectivity index is 1.69. The summed E-state index contributed by atoms with van der Waals surface area (Å²) in [6, 6.07) is 7.95. The first-order chi connectivity index (χ1) is 29.7. The molecule has 0 aliphatic carbocycles. The predicted octanol–water partition coefficient (Wildman–Crippen LogP) is 4.48. The van der Waals surface area contributed by atoms with E-state index in [0.717, 1.165) is 31.3 Å². The molecule has 0 saturated heterocycles. The fourth-order valence-electron chi connectivity index (χ4n) is 7.72. The van der Waals surface area contributed by atoms with Crippen molar-refractivity contribution in [2.75, 3.05) is 55.8 Å². The van der Waals surface area contributed by atoms with E-state index in [2.05, 4.69) is 5.32 Å². The third-order valence-electron chi connectivity index (χ3n) is 11.0. The summed E-state index contributed by atoms with van der Waals surface area (Å²) in [6.07, 6.45) is 15.0. The van der Waals surface area contributed by atoms with Gasteiger partial charge < -0.3 is 20.7 Å². The SMILES string of the molecule is CC1(C)C(=CC=CC(=CC=CC2=[N+](CCS(=O)(=O)O)c3ccc(S(=O)(=O)O)cc3C2(C)C)CCCOCC(=O)NCCCCCCN)N(CCS(=O)(=O)O)c2ccc(S(=O)(=O)O)cc21. The fourth-order valence-corrected chi connectivity index (χ4v) is 9.56. The Morgan fingerprint density at radius 3 is 2.05 bits per heavy atom. The van der Waals surface area contributed by atoms with Crippen LogP contribution in [0.1, 0.15) is 77.3 Å². The predicted molar refractivity (Wildman–Crippen MR) is 244 cm³/mol. The number of hydrogen-bond acceptors (Lipinski definition) is 12. The maximum Gasteiger partial charge on any atom is 0.294 e. The molecule has 2 aliphatic rings. The standard InChI is InChI=1S/C42H58N4O14S4/c1-41(2)34-28-32(63(54,55)56)17-19-36(34)45(23-26-61(48,49)50)38(41)15-9-12-31(14-11-25-60-30-40(47)44-22-8-6-5-7-21-43)13-10-16-39-42(3,4)35-29-33(64(57,58)59)18-20-37(35)46(39)24-27-62(51,52)53/h9-10,12-13,15-20,28-29H,5-8,11,14,21-27,30,43H2,1-4H3,(H4-,44,47,48,49,50,51,52,53,54,55,56,57,58,59)/p+1. The first-order valence-electron chi connectivity index (χ1n) is 20.5. The largest absolute Gasteiger partial charge is 0.372 e. The number of amides is 1. The van der Waals surface area contributed by atoms with Gasteiger partial charge in [-0.1, -0.05) is 51.0 Å². The highest BCUT2D eigenvalue weighted by atomic mass is 32.2. The Bertz CT molecular complexity index is 2670. The van der Waals surface area contributed by atoms with Crippen LogP contribution in [0.3, 0.4) is 0 Å². The van der Waals surface area contributed by atoms with Gasteiger partial charge in [0.25, 0.3) is 40.5 Å². The number of fused-ring (bicyclic) bond motifs is 2. The average Bonchev–Trinajstić information content (AvgIpc) is 3.53. The number of unbranched alkanes of at least 4 members (excludes halogenated alkanes) is 3. The maximum absolute atomic E-state index is 12.3. The second kappa shape index (κ2) is 21.5. The van der Waals surface area contributed by atoms with Crippen molar-refractivity contribution in [1.29, 1.82) is 0 Å². The molecule has 7 N–H and O–H groups in total. The van der Waals surface area contributed by atoms with Crippen molar-refractivity contribution in [2.24, 2.45) is 5.73 Å². The molecule has 2 heterocycles. The molecule has 0 bridgehead atoms. The summed E-state index contributed by atoms with van der Waals surface area (Å²) in [6.45, 7) is 8.08. The van der Waals surface area contributed by atoms with E-state index in [0.29, 0.717) is 59.8 Å². The van der Waals surface area contributed by atoms with Crippen LogP contribution in [0, 0.1) is 0 Å². The lowest BCUT2D eigenvalue weighted by molar-refractivity contribution is -0.432. The maximum atomic E-state index is 12.3. The van der Waals surface area contributed by atoms with E-state index in [1.54, 1.807) is 73.6 Å². The lowest BCUT2D eigenvalue weighted by Crippen LogP contribution is -2.30. The van der Waals surface area contributed by atoms with Gasteiger partial charge in [0, 0.05) is 54.2 Å². The molecule has 0 aromatic heterocycles. The molecule has 4 rings (SSSR count). The third-order valence-corrected chi connectivity index (χ3v) is 14.1. The van der Waals surface area contributed by atoms with Gasteiger partial charge in [0.2, 0.25) is 11.6 Å². The molecule has 1 amide bonds. The number of hydrogen-bond donors (Lipinski definition) is 6. The first kappa shape index (κ1) is 52.5. The minimum Gasteiger partial charge on any atom is -0.372 e. The molecule has 0 fully saturated rings. The Kier molecular flexibility index (Phi) is 17.6. The van der Waals surface area contributed by atoms with Gasteiger partial charge in [-0.15, -0.1) is 0 Å². The average molecular weight is 972 g/mol. The fraction of sp³-hybridized carbons (Fsp3) is 0.476. The number of nitrogens with two attached hydrogens (primary N) is 1. The van der Waals surface area contributed by atoms with Gasteiger partial charge in [-0.2, -0.15) is 38.2 Å². The summed E-state index contributed by atoms with van der Waals surface area (Å²) < 4.78 is 142. The molecule has 2 aromatic carbocycles. The van der Waals surface area contributed by atoms with Crippen molar-refractivity contribution in [1.82, 2.24) is 5.32 Å². The normalized spacial score (nSPS) is 17.2. The van der Waals surface area contributed by atoms with Crippen LogP contribution in [-0.4, -0.2) is 119 Å². The summed E-state index contributed by atoms with van der Waals surface area (Å²) in [5.74, 6) is -1.51. The van der Waals surface area contributed by atoms with Crippen LogP contribution >= 0.6 is 0 Å². The van der Waals surface area contributed by atoms with Gasteiger partial charge in [0.1, 0.15) is 12.4 Å². The van der Waals surface area contributed by atoms with Crippen LogP contribution < -0.4 is 16.0 Å². The summed E-state index contributed by atoms with van der Waals surface area (Å²) in [7, 11) is -18.0. The number of rotatable bonds is 24. The highest BCUT2D eigenvalue weighted by Gasteiger charge is 2.45. The molecule has 2 aromatic rings. The molecule has 0 atom stereocenters. The summed E-state index contributed by atoms with van der Waals surface area (Å²) in [5, 5.41) is 2.83. The number of anilines is 1. The summed E-state index contributed by atoms with van der Waals surface area (Å²) >= 11 is 0. The number of nitrogens with one attached hydrogen (secondary N) is 1. The van der Waals surface area contributed by atoms with E-state index in [9.17, 15) is 56.7 Å². The third kappa shape index (κ3) is 14.4. The number of nitrogens with zero attached hydrogens (tertiary/aromatic N) is 2. The number of ether oxygens (including phenoxy) is 1. The van der Waals surface area contributed by atoms with Crippen LogP contribution in [-0.2, 0) is 60.8 Å². The molecule has 18 nitrogen and oxygen atoms in total. The monoisotopic (exact) mass is 971 g/mol. The van der Waals surface area contributed by atoms with Crippen molar-refractivity contribution in [2.45, 2.75) is 86.8 Å². The van der Waals surface area contributed by atoms with Crippen molar-refractivity contribution in [3.8, 4) is 0 Å². The van der Waals surface area contributed by atoms with Gasteiger partial charge in [0.15, 0.2) is 12.3 Å². The molecule has 64 heavy (non-hydrogen) atoms. The zero-order chi connectivity index (χ0) is 47.7. The quantitative estimate of drug-likeness (QED) is 0.0366. The van der Waals surface area contributed by atoms with Crippen molar-refractivity contribution in [3.05, 3.63) is 95.3 Å².